The van der Waals surface area contributed by atoms with Gasteiger partial charge in [0.15, 0.2) is 5.58 Å². The number of nitrogens with one attached hydrogen (secondary N) is 1. The number of nitrogens with zero attached hydrogens (tertiary/aromatic N) is 1. The Hall–Kier alpha value is -2.62. The summed E-state index contributed by atoms with van der Waals surface area (Å²) in [4.78, 5) is 16.3. The van der Waals surface area contributed by atoms with Crippen LogP contribution in [0, 0.1) is 13.8 Å². The van der Waals surface area contributed by atoms with Crippen LogP contribution in [0.5, 0.6) is 0 Å². The van der Waals surface area contributed by atoms with Crippen molar-refractivity contribution in [3.05, 3.63) is 47.5 Å². The van der Waals surface area contributed by atoms with Gasteiger partial charge in [0, 0.05) is 17.7 Å². The van der Waals surface area contributed by atoms with Crippen molar-refractivity contribution in [1.29, 1.82) is 0 Å². The van der Waals surface area contributed by atoms with Crippen molar-refractivity contribution in [2.24, 2.45) is 0 Å². The van der Waals surface area contributed by atoms with E-state index in [2.05, 4.69) is 16.4 Å². The number of amides is 1. The summed E-state index contributed by atoms with van der Waals surface area (Å²) >= 11 is 0. The zero-order valence-electron chi connectivity index (χ0n) is 13.6. The molecule has 0 saturated heterocycles. The highest BCUT2D eigenvalue weighted by Crippen LogP contribution is 2.28. The molecular formula is C19H20N2O2. The van der Waals surface area contributed by atoms with Crippen LogP contribution in [-0.4, -0.2) is 10.9 Å². The minimum absolute atomic E-state index is 0.0219. The van der Waals surface area contributed by atoms with Crippen LogP contribution < -0.4 is 5.32 Å². The first kappa shape index (κ1) is 15.3. The third kappa shape index (κ3) is 3.26. The predicted octanol–water partition coefficient (Wildman–Crippen LogP) is 4.85. The first-order valence-electron chi connectivity index (χ1n) is 7.85. The van der Waals surface area contributed by atoms with Gasteiger partial charge in [0.1, 0.15) is 5.52 Å². The largest absolute Gasteiger partial charge is 0.436 e. The summed E-state index contributed by atoms with van der Waals surface area (Å²) in [6.07, 6.45) is 1.35. The number of oxazole rings is 1. The van der Waals surface area contributed by atoms with Crippen LogP contribution in [0.15, 0.2) is 40.8 Å². The maximum Gasteiger partial charge on any atom is 0.227 e. The predicted molar refractivity (Wildman–Crippen MR) is 92.5 cm³/mol. The molecule has 1 N–H and O–H groups in total. The number of hydrogen-bond acceptors (Lipinski definition) is 3. The second-order valence-corrected chi connectivity index (χ2v) is 5.83. The number of carbonyl (C=O) groups is 1. The molecule has 0 fully saturated rings. The van der Waals surface area contributed by atoms with Crippen LogP contribution in [0.1, 0.15) is 30.9 Å². The summed E-state index contributed by atoms with van der Waals surface area (Å²) in [7, 11) is 0. The molecule has 1 aromatic heterocycles. The zero-order valence-corrected chi connectivity index (χ0v) is 13.6. The molecule has 2 aromatic carbocycles. The smallest absolute Gasteiger partial charge is 0.227 e. The Balaban J connectivity index is 1.95. The first-order valence-corrected chi connectivity index (χ1v) is 7.85. The Bertz CT molecular complexity index is 865. The molecule has 118 valence electrons. The van der Waals surface area contributed by atoms with Crippen LogP contribution in [0.4, 0.5) is 5.69 Å². The normalized spacial score (nSPS) is 10.9. The van der Waals surface area contributed by atoms with E-state index in [0.29, 0.717) is 12.3 Å². The average Bonchev–Trinajstić information content (AvgIpc) is 2.92. The minimum Gasteiger partial charge on any atom is -0.436 e. The molecule has 0 saturated carbocycles. The summed E-state index contributed by atoms with van der Waals surface area (Å²) < 4.78 is 5.92. The number of aromatic nitrogens is 1. The van der Waals surface area contributed by atoms with Gasteiger partial charge in [-0.05, 0) is 55.7 Å². The van der Waals surface area contributed by atoms with E-state index in [1.165, 1.54) is 0 Å². The van der Waals surface area contributed by atoms with E-state index in [0.717, 1.165) is 39.9 Å². The van der Waals surface area contributed by atoms with E-state index in [9.17, 15) is 4.79 Å². The number of carbonyl (C=O) groups excluding carboxylic acids is 1. The molecule has 1 heterocycles. The van der Waals surface area contributed by atoms with Crippen molar-refractivity contribution in [2.75, 3.05) is 5.32 Å². The number of anilines is 1. The Morgan fingerprint density at radius 2 is 2.04 bits per heavy atom. The molecule has 0 unspecified atom stereocenters. The van der Waals surface area contributed by atoms with E-state index < -0.39 is 0 Å². The van der Waals surface area contributed by atoms with E-state index in [1.54, 1.807) is 0 Å². The van der Waals surface area contributed by atoms with Crippen LogP contribution in [0.2, 0.25) is 0 Å². The quantitative estimate of drug-likeness (QED) is 0.749. The number of benzene rings is 2. The SMILES string of the molecule is CCCC(=O)Nc1cccc(-c2nc3cc(C)cc(C)c3o2)c1. The summed E-state index contributed by atoms with van der Waals surface area (Å²) in [6.45, 7) is 6.05. The third-order valence-electron chi connectivity index (χ3n) is 3.69. The Kier molecular flexibility index (Phi) is 4.15. The summed E-state index contributed by atoms with van der Waals surface area (Å²) in [5.74, 6) is 0.592. The molecule has 4 nitrogen and oxygen atoms in total. The molecule has 23 heavy (non-hydrogen) atoms. The summed E-state index contributed by atoms with van der Waals surface area (Å²) in [6, 6.07) is 11.7. The maximum atomic E-state index is 11.7. The van der Waals surface area contributed by atoms with Gasteiger partial charge in [-0.3, -0.25) is 4.79 Å². The lowest BCUT2D eigenvalue weighted by Gasteiger charge is -2.05. The molecule has 0 radical (unpaired) electrons. The molecular weight excluding hydrogens is 288 g/mol. The highest BCUT2D eigenvalue weighted by atomic mass is 16.3. The second kappa shape index (κ2) is 6.24. The fourth-order valence-electron chi connectivity index (χ4n) is 2.68. The Morgan fingerprint density at radius 1 is 1.22 bits per heavy atom. The van der Waals surface area contributed by atoms with Gasteiger partial charge in [-0.2, -0.15) is 0 Å². The Morgan fingerprint density at radius 3 is 2.83 bits per heavy atom. The fourth-order valence-corrected chi connectivity index (χ4v) is 2.68. The second-order valence-electron chi connectivity index (χ2n) is 5.83. The average molecular weight is 308 g/mol. The van der Waals surface area contributed by atoms with Crippen molar-refractivity contribution in [3.63, 3.8) is 0 Å². The molecule has 0 aliphatic carbocycles. The maximum absolute atomic E-state index is 11.7. The fraction of sp³-hybridized carbons (Fsp3) is 0.263. The molecule has 1 amide bonds. The van der Waals surface area contributed by atoms with Crippen molar-refractivity contribution < 1.29 is 9.21 Å². The zero-order chi connectivity index (χ0) is 16.4. The Labute approximate surface area is 135 Å². The molecule has 3 aromatic rings. The van der Waals surface area contributed by atoms with Crippen molar-refractivity contribution in [1.82, 2.24) is 4.98 Å². The highest BCUT2D eigenvalue weighted by molar-refractivity contribution is 5.91. The number of aryl methyl sites for hydroxylation is 2. The molecule has 0 aliphatic rings. The van der Waals surface area contributed by atoms with Gasteiger partial charge < -0.3 is 9.73 Å². The van der Waals surface area contributed by atoms with Gasteiger partial charge >= 0.3 is 0 Å². The van der Waals surface area contributed by atoms with Gasteiger partial charge in [0.2, 0.25) is 11.8 Å². The van der Waals surface area contributed by atoms with Crippen molar-refractivity contribution in [3.8, 4) is 11.5 Å². The molecule has 0 aliphatic heterocycles. The third-order valence-corrected chi connectivity index (χ3v) is 3.69. The topological polar surface area (TPSA) is 55.1 Å². The van der Waals surface area contributed by atoms with Crippen LogP contribution >= 0.6 is 0 Å². The van der Waals surface area contributed by atoms with Gasteiger partial charge in [-0.1, -0.05) is 19.1 Å². The first-order chi connectivity index (χ1) is 11.1. The van der Waals surface area contributed by atoms with Crippen molar-refractivity contribution in [2.45, 2.75) is 33.6 Å². The molecule has 4 heteroatoms. The monoisotopic (exact) mass is 308 g/mol. The summed E-state index contributed by atoms with van der Waals surface area (Å²) in [5, 5.41) is 2.90. The molecule has 0 spiro atoms. The lowest BCUT2D eigenvalue weighted by molar-refractivity contribution is -0.116. The lowest BCUT2D eigenvalue weighted by Crippen LogP contribution is -2.10. The number of hydrogen-bond donors (Lipinski definition) is 1. The van der Waals surface area contributed by atoms with Crippen LogP contribution in [-0.2, 0) is 4.79 Å². The van der Waals surface area contributed by atoms with E-state index in [4.69, 9.17) is 4.42 Å². The van der Waals surface area contributed by atoms with Crippen LogP contribution in [0.3, 0.4) is 0 Å². The van der Waals surface area contributed by atoms with Crippen molar-refractivity contribution >= 4 is 22.7 Å². The lowest BCUT2D eigenvalue weighted by atomic mass is 10.1. The molecule has 0 bridgehead atoms. The van der Waals surface area contributed by atoms with Gasteiger partial charge in [0.05, 0.1) is 0 Å². The molecule has 3 rings (SSSR count). The van der Waals surface area contributed by atoms with E-state index >= 15 is 0 Å². The summed E-state index contributed by atoms with van der Waals surface area (Å²) in [5.41, 5.74) is 5.52. The van der Waals surface area contributed by atoms with E-state index in [-0.39, 0.29) is 5.91 Å². The van der Waals surface area contributed by atoms with Gasteiger partial charge in [-0.15, -0.1) is 0 Å². The standard InChI is InChI=1S/C19H20N2O2/c1-4-6-17(22)20-15-8-5-7-14(11-15)19-21-16-10-12(2)9-13(3)18(16)23-19/h5,7-11H,4,6H2,1-3H3,(H,20,22). The van der Waals surface area contributed by atoms with Gasteiger partial charge in [0.25, 0.3) is 0 Å². The van der Waals surface area contributed by atoms with E-state index in [1.807, 2.05) is 51.1 Å². The molecule has 0 atom stereocenters. The van der Waals surface area contributed by atoms with Gasteiger partial charge in [-0.25, -0.2) is 4.98 Å². The number of rotatable bonds is 4. The highest BCUT2D eigenvalue weighted by Gasteiger charge is 2.11. The minimum atomic E-state index is 0.0219. The number of fused-ring (bicyclic) bond motifs is 1. The van der Waals surface area contributed by atoms with Crippen LogP contribution in [0.25, 0.3) is 22.6 Å².